The van der Waals surface area contributed by atoms with E-state index < -0.39 is 11.5 Å². The van der Waals surface area contributed by atoms with Gasteiger partial charge in [0.15, 0.2) is 0 Å². The molecule has 0 aliphatic carbocycles. The Bertz CT molecular complexity index is 1070. The summed E-state index contributed by atoms with van der Waals surface area (Å²) in [6, 6.07) is 15.9. The minimum atomic E-state index is -0.641. The zero-order valence-corrected chi connectivity index (χ0v) is 15.8. The van der Waals surface area contributed by atoms with Crippen LogP contribution in [0.2, 0.25) is 0 Å². The second-order valence-electron chi connectivity index (χ2n) is 6.89. The lowest BCUT2D eigenvalue weighted by Crippen LogP contribution is -2.34. The predicted octanol–water partition coefficient (Wildman–Crippen LogP) is 3.18. The Morgan fingerprint density at radius 1 is 1.18 bits per heavy atom. The number of methoxy groups -OCH3 is 1. The fraction of sp³-hybridized carbons (Fsp3) is 0.273. The second kappa shape index (κ2) is 7.76. The number of carbonyl (C=O) groups is 1. The topological polar surface area (TPSA) is 74.4 Å². The number of ether oxygens (including phenoxy) is 1. The van der Waals surface area contributed by atoms with Gasteiger partial charge in [-0.15, -0.1) is 0 Å². The summed E-state index contributed by atoms with van der Waals surface area (Å²) in [6.45, 7) is 2.38. The monoisotopic (exact) mass is 377 g/mol. The minimum absolute atomic E-state index is 0.0141. The maximum atomic E-state index is 12.5. The lowest BCUT2D eigenvalue weighted by atomic mass is 10.0. The van der Waals surface area contributed by atoms with Crippen LogP contribution >= 0.6 is 0 Å². The molecular formula is C22H23N3O3. The molecule has 0 amide bonds. The van der Waals surface area contributed by atoms with Crippen molar-refractivity contribution < 1.29 is 9.53 Å². The number of para-hydroxylation sites is 2. The summed E-state index contributed by atoms with van der Waals surface area (Å²) in [5.74, 6) is -0.641. The van der Waals surface area contributed by atoms with Crippen LogP contribution in [0.5, 0.6) is 0 Å². The summed E-state index contributed by atoms with van der Waals surface area (Å²) in [7, 11) is 1.28. The van der Waals surface area contributed by atoms with Crippen molar-refractivity contribution in [3.63, 3.8) is 0 Å². The minimum Gasteiger partial charge on any atom is -0.465 e. The second-order valence-corrected chi connectivity index (χ2v) is 6.89. The number of aromatic nitrogens is 1. The third-order valence-electron chi connectivity index (χ3n) is 5.20. The quantitative estimate of drug-likeness (QED) is 0.668. The molecule has 0 saturated heterocycles. The first kappa shape index (κ1) is 18.1. The molecule has 6 nitrogen and oxygen atoms in total. The maximum absolute atomic E-state index is 12.5. The van der Waals surface area contributed by atoms with Gasteiger partial charge in [-0.25, -0.2) is 4.79 Å². The van der Waals surface area contributed by atoms with E-state index in [9.17, 15) is 9.59 Å². The molecule has 0 unspecified atom stereocenters. The zero-order valence-electron chi connectivity index (χ0n) is 15.8. The van der Waals surface area contributed by atoms with E-state index in [2.05, 4.69) is 39.5 Å². The number of benzene rings is 2. The first-order valence-electron chi connectivity index (χ1n) is 9.49. The maximum Gasteiger partial charge on any atom is 0.345 e. The Morgan fingerprint density at radius 2 is 1.96 bits per heavy atom. The Morgan fingerprint density at radius 3 is 2.82 bits per heavy atom. The SMILES string of the molecule is COC(=O)c1c(NCCN2CCCc3ccccc32)c2ccccc2[nH]c1=O. The number of H-pyrrole nitrogens is 1. The number of esters is 1. The number of aromatic amines is 1. The van der Waals surface area contributed by atoms with Crippen LogP contribution in [0, 0.1) is 0 Å². The van der Waals surface area contributed by atoms with E-state index in [1.54, 1.807) is 0 Å². The standard InChI is InChI=1S/C22H23N3O3/c1-28-22(27)19-20(16-9-3-4-10-17(16)24-21(19)26)23-12-14-25-13-6-8-15-7-2-5-11-18(15)25/h2-5,7,9-11H,6,8,12-14H2,1H3,(H2,23,24,26). The van der Waals surface area contributed by atoms with Gasteiger partial charge in [0, 0.05) is 30.7 Å². The van der Waals surface area contributed by atoms with Crippen LogP contribution in [-0.2, 0) is 11.2 Å². The number of fused-ring (bicyclic) bond motifs is 2. The average molecular weight is 377 g/mol. The van der Waals surface area contributed by atoms with Crippen LogP contribution in [0.25, 0.3) is 10.9 Å². The van der Waals surface area contributed by atoms with Crippen molar-refractivity contribution >= 4 is 28.2 Å². The first-order valence-corrected chi connectivity index (χ1v) is 9.49. The van der Waals surface area contributed by atoms with Crippen LogP contribution in [-0.4, -0.2) is 37.7 Å². The van der Waals surface area contributed by atoms with Crippen LogP contribution in [0.3, 0.4) is 0 Å². The molecule has 2 aromatic carbocycles. The predicted molar refractivity (Wildman–Crippen MR) is 111 cm³/mol. The molecule has 144 valence electrons. The van der Waals surface area contributed by atoms with E-state index in [4.69, 9.17) is 4.74 Å². The Labute approximate surface area is 163 Å². The van der Waals surface area contributed by atoms with Crippen molar-refractivity contribution in [1.29, 1.82) is 0 Å². The van der Waals surface area contributed by atoms with Crippen LogP contribution < -0.4 is 15.8 Å². The molecule has 0 spiro atoms. The number of nitrogens with zero attached hydrogens (tertiary/aromatic N) is 1. The highest BCUT2D eigenvalue weighted by Crippen LogP contribution is 2.27. The molecule has 4 rings (SSSR count). The number of anilines is 2. The zero-order chi connectivity index (χ0) is 19.5. The summed E-state index contributed by atoms with van der Waals surface area (Å²) in [4.78, 5) is 29.8. The lowest BCUT2D eigenvalue weighted by Gasteiger charge is -2.31. The molecule has 2 N–H and O–H groups in total. The normalized spacial score (nSPS) is 13.2. The van der Waals surface area contributed by atoms with Gasteiger partial charge in [0.25, 0.3) is 5.56 Å². The number of hydrogen-bond acceptors (Lipinski definition) is 5. The third kappa shape index (κ3) is 3.33. The molecule has 1 aromatic heterocycles. The lowest BCUT2D eigenvalue weighted by molar-refractivity contribution is 0.0600. The number of carbonyl (C=O) groups excluding carboxylic acids is 1. The van der Waals surface area contributed by atoms with Crippen molar-refractivity contribution in [3.05, 3.63) is 70.0 Å². The first-order chi connectivity index (χ1) is 13.7. The van der Waals surface area contributed by atoms with E-state index >= 15 is 0 Å². The third-order valence-corrected chi connectivity index (χ3v) is 5.20. The average Bonchev–Trinajstić information content (AvgIpc) is 2.73. The van der Waals surface area contributed by atoms with Crippen LogP contribution in [0.15, 0.2) is 53.3 Å². The summed E-state index contributed by atoms with van der Waals surface area (Å²) < 4.78 is 4.84. The Kier molecular flexibility index (Phi) is 5.02. The van der Waals surface area contributed by atoms with Crippen molar-refractivity contribution in [2.24, 2.45) is 0 Å². The molecule has 6 heteroatoms. The molecule has 1 aliphatic heterocycles. The number of pyridine rings is 1. The van der Waals surface area contributed by atoms with Crippen molar-refractivity contribution in [1.82, 2.24) is 4.98 Å². The summed E-state index contributed by atoms with van der Waals surface area (Å²) >= 11 is 0. The number of rotatable bonds is 5. The molecule has 3 aromatic rings. The fourth-order valence-corrected chi connectivity index (χ4v) is 3.88. The van der Waals surface area contributed by atoms with Crippen molar-refractivity contribution in [2.75, 3.05) is 37.0 Å². The van der Waals surface area contributed by atoms with E-state index in [0.717, 1.165) is 31.3 Å². The number of aryl methyl sites for hydroxylation is 1. The van der Waals surface area contributed by atoms with Gasteiger partial charge in [0.05, 0.1) is 18.3 Å². The van der Waals surface area contributed by atoms with Gasteiger partial charge in [0.2, 0.25) is 0 Å². The Balaban J connectivity index is 1.62. The van der Waals surface area contributed by atoms with Gasteiger partial charge in [-0.05, 0) is 30.5 Å². The smallest absolute Gasteiger partial charge is 0.345 e. The Hall–Kier alpha value is -3.28. The van der Waals surface area contributed by atoms with Gasteiger partial charge >= 0.3 is 5.97 Å². The largest absolute Gasteiger partial charge is 0.465 e. The summed E-state index contributed by atoms with van der Waals surface area (Å²) in [5, 5.41) is 4.12. The molecule has 28 heavy (non-hydrogen) atoms. The molecule has 0 fully saturated rings. The number of nitrogens with one attached hydrogen (secondary N) is 2. The van der Waals surface area contributed by atoms with Gasteiger partial charge in [0.1, 0.15) is 5.56 Å². The highest BCUT2D eigenvalue weighted by Gasteiger charge is 2.21. The van der Waals surface area contributed by atoms with E-state index in [-0.39, 0.29) is 5.56 Å². The van der Waals surface area contributed by atoms with Crippen LogP contribution in [0.4, 0.5) is 11.4 Å². The highest BCUT2D eigenvalue weighted by atomic mass is 16.5. The van der Waals surface area contributed by atoms with Crippen molar-refractivity contribution in [3.8, 4) is 0 Å². The van der Waals surface area contributed by atoms with Crippen molar-refractivity contribution in [2.45, 2.75) is 12.8 Å². The molecule has 0 saturated carbocycles. The van der Waals surface area contributed by atoms with Crippen LogP contribution in [0.1, 0.15) is 22.3 Å². The van der Waals surface area contributed by atoms with E-state index in [0.29, 0.717) is 17.7 Å². The summed E-state index contributed by atoms with van der Waals surface area (Å²) in [6.07, 6.45) is 2.23. The molecule has 0 radical (unpaired) electrons. The highest BCUT2D eigenvalue weighted by molar-refractivity contribution is 6.04. The van der Waals surface area contributed by atoms with Gasteiger partial charge < -0.3 is 19.9 Å². The molecule has 2 heterocycles. The van der Waals surface area contributed by atoms with Gasteiger partial charge in [-0.2, -0.15) is 0 Å². The molecule has 0 atom stereocenters. The molecule has 0 bridgehead atoms. The van der Waals surface area contributed by atoms with Gasteiger partial charge in [-0.1, -0.05) is 36.4 Å². The fourth-order valence-electron chi connectivity index (χ4n) is 3.88. The van der Waals surface area contributed by atoms with Gasteiger partial charge in [-0.3, -0.25) is 4.79 Å². The number of hydrogen-bond donors (Lipinski definition) is 2. The van der Waals surface area contributed by atoms with E-state index in [1.807, 2.05) is 24.3 Å². The molecule has 1 aliphatic rings. The molecular weight excluding hydrogens is 354 g/mol. The van der Waals surface area contributed by atoms with E-state index in [1.165, 1.54) is 18.4 Å². The summed E-state index contributed by atoms with van der Waals surface area (Å²) in [5.41, 5.74) is 3.41.